The normalized spacial score (nSPS) is 12.2. The number of nitriles is 1. The Kier molecular flexibility index (Phi) is 3.28. The topological polar surface area (TPSA) is 57.9 Å². The van der Waals surface area contributed by atoms with Gasteiger partial charge in [0, 0.05) is 11.8 Å². The van der Waals surface area contributed by atoms with Crippen molar-refractivity contribution in [1.29, 1.82) is 5.26 Å². The Balaban J connectivity index is 3.40. The predicted molar refractivity (Wildman–Crippen MR) is 58.8 cm³/mol. The summed E-state index contributed by atoms with van der Waals surface area (Å²) in [6.07, 6.45) is 2.72. The Labute approximate surface area is 89.6 Å². The van der Waals surface area contributed by atoms with Crippen LogP contribution >= 0.6 is 0 Å². The average molecular weight is 221 g/mol. The summed E-state index contributed by atoms with van der Waals surface area (Å²) in [6.45, 7) is 1.64. The molecule has 0 radical (unpaired) electrons. The van der Waals surface area contributed by atoms with Crippen LogP contribution in [0.2, 0.25) is 0 Å². The monoisotopic (exact) mass is 221 g/mol. The Morgan fingerprint density at radius 2 is 2.00 bits per heavy atom. The predicted octanol–water partition coefficient (Wildman–Crippen LogP) is 2.02. The quantitative estimate of drug-likeness (QED) is 0.718. The molecule has 0 atom stereocenters. The van der Waals surface area contributed by atoms with E-state index in [2.05, 4.69) is 0 Å². The highest BCUT2D eigenvalue weighted by molar-refractivity contribution is 7.90. The molecule has 0 saturated carbocycles. The highest BCUT2D eigenvalue weighted by Crippen LogP contribution is 2.17. The van der Waals surface area contributed by atoms with Crippen molar-refractivity contribution in [1.82, 2.24) is 0 Å². The van der Waals surface area contributed by atoms with Crippen molar-refractivity contribution < 1.29 is 8.42 Å². The molecule has 0 heterocycles. The minimum absolute atomic E-state index is 0.250. The molecular formula is C11H11NO2S. The second-order valence-corrected chi connectivity index (χ2v) is 5.23. The molecule has 3 nitrogen and oxygen atoms in total. The fraction of sp³-hybridized carbons (Fsp3) is 0.182. The van der Waals surface area contributed by atoms with E-state index in [9.17, 15) is 8.42 Å². The van der Waals surface area contributed by atoms with E-state index in [0.29, 0.717) is 11.1 Å². The molecule has 0 saturated heterocycles. The van der Waals surface area contributed by atoms with Crippen LogP contribution in [0.1, 0.15) is 12.5 Å². The number of hydrogen-bond acceptors (Lipinski definition) is 3. The first-order valence-electron chi connectivity index (χ1n) is 4.32. The van der Waals surface area contributed by atoms with Gasteiger partial charge >= 0.3 is 0 Å². The fourth-order valence-corrected chi connectivity index (χ4v) is 2.08. The minimum Gasteiger partial charge on any atom is -0.224 e. The van der Waals surface area contributed by atoms with Crippen molar-refractivity contribution in [2.45, 2.75) is 11.8 Å². The number of sulfone groups is 1. The van der Waals surface area contributed by atoms with Crippen LogP contribution in [0.25, 0.3) is 6.08 Å². The molecule has 0 amide bonds. The van der Waals surface area contributed by atoms with Crippen molar-refractivity contribution in [3.8, 4) is 6.07 Å². The summed E-state index contributed by atoms with van der Waals surface area (Å²) < 4.78 is 22.8. The summed E-state index contributed by atoms with van der Waals surface area (Å²) >= 11 is 0. The Morgan fingerprint density at radius 1 is 1.40 bits per heavy atom. The van der Waals surface area contributed by atoms with E-state index in [1.54, 1.807) is 31.2 Å². The highest BCUT2D eigenvalue weighted by atomic mass is 32.2. The van der Waals surface area contributed by atoms with Crippen LogP contribution in [-0.2, 0) is 9.84 Å². The highest BCUT2D eigenvalue weighted by Gasteiger charge is 2.10. The van der Waals surface area contributed by atoms with Crippen molar-refractivity contribution in [2.24, 2.45) is 0 Å². The molecule has 0 aliphatic heterocycles. The van der Waals surface area contributed by atoms with Gasteiger partial charge in [-0.1, -0.05) is 18.2 Å². The molecule has 0 spiro atoms. The van der Waals surface area contributed by atoms with Gasteiger partial charge in [-0.25, -0.2) is 8.42 Å². The maximum atomic E-state index is 11.4. The van der Waals surface area contributed by atoms with E-state index in [-0.39, 0.29) is 4.90 Å². The zero-order chi connectivity index (χ0) is 11.5. The molecule has 1 aromatic carbocycles. The van der Waals surface area contributed by atoms with E-state index in [4.69, 9.17) is 5.26 Å². The van der Waals surface area contributed by atoms with Crippen LogP contribution in [0.3, 0.4) is 0 Å². The SMILES string of the molecule is CC(C#N)=Cc1ccccc1S(C)(=O)=O. The molecule has 4 heteroatoms. The molecule has 1 aromatic rings. The first-order valence-corrected chi connectivity index (χ1v) is 6.22. The third-order valence-electron chi connectivity index (χ3n) is 1.87. The summed E-state index contributed by atoms with van der Waals surface area (Å²) in [7, 11) is -3.24. The maximum absolute atomic E-state index is 11.4. The van der Waals surface area contributed by atoms with E-state index < -0.39 is 9.84 Å². The van der Waals surface area contributed by atoms with Gasteiger partial charge < -0.3 is 0 Å². The molecule has 0 aromatic heterocycles. The van der Waals surface area contributed by atoms with Crippen LogP contribution in [0.5, 0.6) is 0 Å². The lowest BCUT2D eigenvalue weighted by molar-refractivity contribution is 0.601. The summed E-state index contributed by atoms with van der Waals surface area (Å²) in [5.74, 6) is 0. The van der Waals surface area contributed by atoms with Crippen molar-refractivity contribution in [2.75, 3.05) is 6.26 Å². The largest absolute Gasteiger partial charge is 0.224 e. The molecule has 78 valence electrons. The van der Waals surface area contributed by atoms with Gasteiger partial charge in [-0.2, -0.15) is 5.26 Å². The molecule has 0 bridgehead atoms. The van der Waals surface area contributed by atoms with E-state index in [1.807, 2.05) is 6.07 Å². The second-order valence-electron chi connectivity index (χ2n) is 3.25. The van der Waals surface area contributed by atoms with E-state index in [1.165, 1.54) is 6.07 Å². The minimum atomic E-state index is -3.24. The molecule has 0 N–H and O–H groups in total. The third kappa shape index (κ3) is 2.93. The van der Waals surface area contributed by atoms with Crippen LogP contribution in [0, 0.1) is 11.3 Å². The number of nitrogens with zero attached hydrogens (tertiary/aromatic N) is 1. The van der Waals surface area contributed by atoms with Crippen molar-refractivity contribution in [3.05, 3.63) is 35.4 Å². The summed E-state index contributed by atoms with van der Waals surface area (Å²) in [6, 6.07) is 8.57. The van der Waals surface area contributed by atoms with Gasteiger partial charge in [0.25, 0.3) is 0 Å². The van der Waals surface area contributed by atoms with Gasteiger partial charge in [0.15, 0.2) is 9.84 Å². The van der Waals surface area contributed by atoms with Gasteiger partial charge in [-0.15, -0.1) is 0 Å². The lowest BCUT2D eigenvalue weighted by Gasteiger charge is -2.02. The van der Waals surface area contributed by atoms with Gasteiger partial charge in [0.2, 0.25) is 0 Å². The third-order valence-corrected chi connectivity index (χ3v) is 3.04. The number of benzene rings is 1. The zero-order valence-corrected chi connectivity index (χ0v) is 9.38. The Morgan fingerprint density at radius 3 is 2.53 bits per heavy atom. The first kappa shape index (κ1) is 11.5. The van der Waals surface area contributed by atoms with E-state index >= 15 is 0 Å². The lowest BCUT2D eigenvalue weighted by atomic mass is 10.1. The number of rotatable bonds is 2. The average Bonchev–Trinajstić information content (AvgIpc) is 2.17. The van der Waals surface area contributed by atoms with Crippen molar-refractivity contribution in [3.63, 3.8) is 0 Å². The number of hydrogen-bond donors (Lipinski definition) is 0. The molecule has 0 fully saturated rings. The fourth-order valence-electron chi connectivity index (χ4n) is 1.20. The van der Waals surface area contributed by atoms with Gasteiger partial charge in [-0.05, 0) is 24.6 Å². The zero-order valence-electron chi connectivity index (χ0n) is 8.56. The summed E-state index contributed by atoms with van der Waals surface area (Å²) in [4.78, 5) is 0.250. The van der Waals surface area contributed by atoms with Crippen LogP contribution in [0.15, 0.2) is 34.7 Å². The van der Waals surface area contributed by atoms with Gasteiger partial charge in [0.05, 0.1) is 11.0 Å². The maximum Gasteiger partial charge on any atom is 0.176 e. The smallest absolute Gasteiger partial charge is 0.176 e. The summed E-state index contributed by atoms with van der Waals surface area (Å²) in [5.41, 5.74) is 1.03. The number of allylic oxidation sites excluding steroid dienone is 1. The molecule has 0 aliphatic carbocycles. The lowest BCUT2D eigenvalue weighted by Crippen LogP contribution is -1.99. The molecule has 15 heavy (non-hydrogen) atoms. The molecule has 0 aliphatic rings. The van der Waals surface area contributed by atoms with E-state index in [0.717, 1.165) is 6.26 Å². The molecular weight excluding hydrogens is 210 g/mol. The Hall–Kier alpha value is -1.60. The van der Waals surface area contributed by atoms with Crippen molar-refractivity contribution >= 4 is 15.9 Å². The standard InChI is InChI=1S/C11H11NO2S/c1-9(8-12)7-10-5-3-4-6-11(10)15(2,13)14/h3-7H,1-2H3. The van der Waals surface area contributed by atoms with Gasteiger partial charge in [0.1, 0.15) is 0 Å². The van der Waals surface area contributed by atoms with Gasteiger partial charge in [-0.3, -0.25) is 0 Å². The Bertz CT molecular complexity index is 536. The van der Waals surface area contributed by atoms with Crippen LogP contribution < -0.4 is 0 Å². The second kappa shape index (κ2) is 4.28. The first-order chi connectivity index (χ1) is 6.95. The van der Waals surface area contributed by atoms with Crippen LogP contribution in [-0.4, -0.2) is 14.7 Å². The van der Waals surface area contributed by atoms with Crippen LogP contribution in [0.4, 0.5) is 0 Å². The summed E-state index contributed by atoms with van der Waals surface area (Å²) in [5, 5.41) is 8.62. The molecule has 0 unspecified atom stereocenters. The molecule has 1 rings (SSSR count).